The molecule has 3 aliphatic heterocycles. The first-order chi connectivity index (χ1) is 21.2. The highest BCUT2D eigenvalue weighted by atomic mass is 32.2. The first-order valence-corrected chi connectivity index (χ1v) is 16.8. The Labute approximate surface area is 258 Å². The molecular formula is C31H42N4O8S. The number of carboxylic acids is 1. The molecule has 44 heavy (non-hydrogen) atoms. The van der Waals surface area contributed by atoms with Gasteiger partial charge >= 0.3 is 5.97 Å². The van der Waals surface area contributed by atoms with Crippen LogP contribution in [0.5, 0.6) is 17.2 Å². The number of amides is 1. The summed E-state index contributed by atoms with van der Waals surface area (Å²) in [5.74, 6) is -1.08. The summed E-state index contributed by atoms with van der Waals surface area (Å²) in [7, 11) is -1.86. The molecule has 0 aromatic heterocycles. The van der Waals surface area contributed by atoms with Gasteiger partial charge < -0.3 is 30.0 Å². The van der Waals surface area contributed by atoms with E-state index in [1.807, 2.05) is 29.2 Å². The summed E-state index contributed by atoms with van der Waals surface area (Å²) >= 11 is 0. The molecule has 3 N–H and O–H groups in total. The Morgan fingerprint density at radius 1 is 1.20 bits per heavy atom. The number of benzene rings is 2. The number of ether oxygens (including phenoxy) is 3. The van der Waals surface area contributed by atoms with Crippen molar-refractivity contribution >= 4 is 27.6 Å². The van der Waals surface area contributed by atoms with Crippen LogP contribution in [0.15, 0.2) is 36.4 Å². The highest BCUT2D eigenvalue weighted by molar-refractivity contribution is 7.89. The Hall–Kier alpha value is -3.39. The van der Waals surface area contributed by atoms with Crippen LogP contribution < -0.4 is 24.8 Å². The maximum absolute atomic E-state index is 14.0. The molecule has 3 heterocycles. The summed E-state index contributed by atoms with van der Waals surface area (Å²) in [6.45, 7) is 3.83. The molecule has 0 spiro atoms. The molecule has 0 saturated carbocycles. The molecule has 2 fully saturated rings. The highest BCUT2D eigenvalue weighted by Gasteiger charge is 2.48. The zero-order chi connectivity index (χ0) is 31.4. The molecule has 0 aliphatic carbocycles. The van der Waals surface area contributed by atoms with E-state index in [9.17, 15) is 23.1 Å². The van der Waals surface area contributed by atoms with Gasteiger partial charge in [-0.1, -0.05) is 25.5 Å². The van der Waals surface area contributed by atoms with E-state index in [0.717, 1.165) is 24.1 Å². The van der Waals surface area contributed by atoms with Crippen molar-refractivity contribution in [2.75, 3.05) is 57.3 Å². The molecule has 1 amide bonds. The van der Waals surface area contributed by atoms with E-state index in [1.165, 1.54) is 11.4 Å². The van der Waals surface area contributed by atoms with E-state index in [0.29, 0.717) is 48.9 Å². The van der Waals surface area contributed by atoms with Gasteiger partial charge in [0.2, 0.25) is 28.5 Å². The Bertz CT molecular complexity index is 1470. The predicted molar refractivity (Wildman–Crippen MR) is 165 cm³/mol. The molecule has 0 radical (unpaired) electrons. The SMILES string of the molecule is CCCCN(C(=O)CN1CC(c2cc(OC)c3c(c2)OCO3)C(C(=O)O)C1CCN1CCCS1(=O)=O)c1cccc(CN)c1. The zero-order valence-electron chi connectivity index (χ0n) is 25.3. The molecule has 240 valence electrons. The van der Waals surface area contributed by atoms with E-state index >= 15 is 0 Å². The minimum absolute atomic E-state index is 0.0179. The average molecular weight is 631 g/mol. The summed E-state index contributed by atoms with van der Waals surface area (Å²) in [6.07, 6.45) is 2.52. The van der Waals surface area contributed by atoms with Crippen LogP contribution in [0.4, 0.5) is 5.69 Å². The quantitative estimate of drug-likeness (QED) is 0.338. The number of aliphatic carboxylic acids is 1. The van der Waals surface area contributed by atoms with Crippen LogP contribution in [-0.2, 0) is 26.2 Å². The van der Waals surface area contributed by atoms with Gasteiger partial charge in [0, 0.05) is 50.4 Å². The Kier molecular flexibility index (Phi) is 9.98. The number of nitrogens with two attached hydrogens (primary N) is 1. The van der Waals surface area contributed by atoms with E-state index in [-0.39, 0.29) is 44.5 Å². The topological polar surface area (TPSA) is 152 Å². The molecule has 3 unspecified atom stereocenters. The fourth-order valence-corrected chi connectivity index (χ4v) is 8.14. The first-order valence-electron chi connectivity index (χ1n) is 15.2. The number of rotatable bonds is 13. The minimum atomic E-state index is -3.37. The van der Waals surface area contributed by atoms with Crippen molar-refractivity contribution in [2.45, 2.75) is 51.1 Å². The van der Waals surface area contributed by atoms with Crippen LogP contribution in [0.3, 0.4) is 0 Å². The number of carbonyl (C=O) groups is 2. The van der Waals surface area contributed by atoms with Crippen LogP contribution in [-0.4, -0.2) is 93.0 Å². The van der Waals surface area contributed by atoms with Gasteiger partial charge in [-0.3, -0.25) is 14.5 Å². The molecule has 5 rings (SSSR count). The van der Waals surface area contributed by atoms with E-state index in [4.69, 9.17) is 19.9 Å². The lowest BCUT2D eigenvalue weighted by atomic mass is 9.84. The van der Waals surface area contributed by atoms with Crippen LogP contribution in [0.25, 0.3) is 0 Å². The number of sulfonamides is 1. The highest BCUT2D eigenvalue weighted by Crippen LogP contribution is 2.47. The number of unbranched alkanes of at least 4 members (excludes halogenated alkanes) is 1. The fourth-order valence-electron chi connectivity index (χ4n) is 6.60. The second-order valence-electron chi connectivity index (χ2n) is 11.6. The molecule has 3 atom stereocenters. The predicted octanol–water partition coefficient (Wildman–Crippen LogP) is 2.61. The number of fused-ring (bicyclic) bond motifs is 1. The number of likely N-dealkylation sites (tertiary alicyclic amines) is 1. The number of carboxylic acid groups (broad SMARTS) is 1. The first kappa shape index (κ1) is 32.0. The number of nitrogens with zero attached hydrogens (tertiary/aromatic N) is 3. The smallest absolute Gasteiger partial charge is 0.308 e. The van der Waals surface area contributed by atoms with Crippen molar-refractivity contribution in [1.29, 1.82) is 0 Å². The van der Waals surface area contributed by atoms with E-state index in [2.05, 4.69) is 6.92 Å². The largest absolute Gasteiger partial charge is 0.493 e. The maximum atomic E-state index is 14.0. The summed E-state index contributed by atoms with van der Waals surface area (Å²) in [4.78, 5) is 30.6. The third-order valence-electron chi connectivity index (χ3n) is 8.85. The Morgan fingerprint density at radius 3 is 2.70 bits per heavy atom. The molecular weight excluding hydrogens is 588 g/mol. The summed E-state index contributed by atoms with van der Waals surface area (Å²) < 4.78 is 43.3. The summed E-state index contributed by atoms with van der Waals surface area (Å²) in [5, 5.41) is 10.6. The second-order valence-corrected chi connectivity index (χ2v) is 13.6. The van der Waals surface area contributed by atoms with E-state index < -0.39 is 33.9 Å². The van der Waals surface area contributed by atoms with Crippen molar-refractivity contribution < 1.29 is 37.3 Å². The van der Waals surface area contributed by atoms with Gasteiger partial charge in [-0.05, 0) is 54.7 Å². The summed E-state index contributed by atoms with van der Waals surface area (Å²) in [6, 6.07) is 10.6. The lowest BCUT2D eigenvalue weighted by Crippen LogP contribution is -2.45. The van der Waals surface area contributed by atoms with Crippen LogP contribution >= 0.6 is 0 Å². The average Bonchev–Trinajstić information content (AvgIpc) is 3.72. The monoisotopic (exact) mass is 630 g/mol. The van der Waals surface area contributed by atoms with Crippen molar-refractivity contribution in [2.24, 2.45) is 11.7 Å². The molecule has 0 bridgehead atoms. The number of hydrogen-bond acceptors (Lipinski definition) is 9. The normalized spacial score (nSPS) is 22.8. The van der Waals surface area contributed by atoms with Crippen molar-refractivity contribution in [3.63, 3.8) is 0 Å². The van der Waals surface area contributed by atoms with E-state index in [1.54, 1.807) is 17.0 Å². The van der Waals surface area contributed by atoms with Crippen molar-refractivity contribution in [3.05, 3.63) is 47.5 Å². The standard InChI is InChI=1S/C31H42N4O8S/c1-3-4-11-35(23-8-5-7-21(14-23)17-32)28(36)19-33-18-24(22-15-26(41-2)30-27(16-22)42-20-43-30)29(31(37)38)25(33)9-12-34-10-6-13-44(34,39)40/h5,7-8,14-16,24-25,29H,3-4,6,9-13,17-20,32H2,1-2H3,(H,37,38). The maximum Gasteiger partial charge on any atom is 0.308 e. The number of hydrogen-bond donors (Lipinski definition) is 2. The molecule has 13 heteroatoms. The van der Waals surface area contributed by atoms with Crippen molar-refractivity contribution in [1.82, 2.24) is 9.21 Å². The van der Waals surface area contributed by atoms with Gasteiger partial charge in [0.05, 0.1) is 25.3 Å². The van der Waals surface area contributed by atoms with Gasteiger partial charge in [0.1, 0.15) is 0 Å². The van der Waals surface area contributed by atoms with Crippen LogP contribution in [0.2, 0.25) is 0 Å². The lowest BCUT2D eigenvalue weighted by molar-refractivity contribution is -0.143. The van der Waals surface area contributed by atoms with Crippen LogP contribution in [0.1, 0.15) is 49.7 Å². The number of carbonyl (C=O) groups excluding carboxylic acids is 1. The zero-order valence-corrected chi connectivity index (χ0v) is 26.1. The van der Waals surface area contributed by atoms with Gasteiger partial charge in [0.15, 0.2) is 11.5 Å². The lowest BCUT2D eigenvalue weighted by Gasteiger charge is -2.30. The number of anilines is 1. The van der Waals surface area contributed by atoms with Gasteiger partial charge in [-0.25, -0.2) is 12.7 Å². The molecule has 2 aromatic carbocycles. The summed E-state index contributed by atoms with van der Waals surface area (Å²) in [5.41, 5.74) is 8.23. The van der Waals surface area contributed by atoms with Gasteiger partial charge in [-0.2, -0.15) is 0 Å². The van der Waals surface area contributed by atoms with Gasteiger partial charge in [-0.15, -0.1) is 0 Å². The van der Waals surface area contributed by atoms with Gasteiger partial charge in [0.25, 0.3) is 0 Å². The molecule has 2 saturated heterocycles. The molecule has 2 aromatic rings. The minimum Gasteiger partial charge on any atom is -0.493 e. The van der Waals surface area contributed by atoms with Crippen LogP contribution in [0, 0.1) is 5.92 Å². The third-order valence-corrected chi connectivity index (χ3v) is 10.8. The molecule has 12 nitrogen and oxygen atoms in total. The second kappa shape index (κ2) is 13.7. The Morgan fingerprint density at radius 2 is 2.02 bits per heavy atom. The number of methoxy groups -OCH3 is 1. The molecule has 3 aliphatic rings. The Balaban J connectivity index is 1.47. The van der Waals surface area contributed by atoms with Crippen molar-refractivity contribution in [3.8, 4) is 17.2 Å². The third kappa shape index (κ3) is 6.65. The fraction of sp³-hybridized carbons (Fsp3) is 0.548.